The molecule has 0 saturated heterocycles. The van der Waals surface area contributed by atoms with Crippen LogP contribution in [0.15, 0.2) is 28.7 Å². The monoisotopic (exact) mass is 315 g/mol. The molecule has 2 rings (SSSR count). The summed E-state index contributed by atoms with van der Waals surface area (Å²) in [5, 5.41) is 7.82. The highest BCUT2D eigenvalue weighted by atomic mass is 19.4. The van der Waals surface area contributed by atoms with Crippen LogP contribution in [0.1, 0.15) is 23.2 Å². The molecule has 0 radical (unpaired) electrons. The van der Waals surface area contributed by atoms with Crippen LogP contribution in [0.5, 0.6) is 5.75 Å². The molecule has 0 bridgehead atoms. The third-order valence-corrected chi connectivity index (χ3v) is 2.27. The average Bonchev–Trinajstić information content (AvgIpc) is 2.87. The number of rotatable bonds is 3. The van der Waals surface area contributed by atoms with Crippen LogP contribution in [-0.4, -0.2) is 22.1 Å². The van der Waals surface area contributed by atoms with E-state index in [1.54, 1.807) is 0 Å². The standard InChI is InChI=1S/C12H8F3N3O4/c1-6(19)21-8-5-3-2-4-7(8)9(20)16-11-18-17-10(22-11)12(13,14)15/h2-5H,1H3,(H,16,18,20). The van der Waals surface area contributed by atoms with E-state index in [1.165, 1.54) is 24.3 Å². The normalized spacial score (nSPS) is 11.1. The molecule has 0 spiro atoms. The number of hydrogen-bond acceptors (Lipinski definition) is 6. The third kappa shape index (κ3) is 3.59. The number of halogens is 3. The molecule has 0 unspecified atom stereocenters. The molecule has 10 heteroatoms. The number of carbonyl (C=O) groups excluding carboxylic acids is 2. The maximum atomic E-state index is 12.3. The number of aromatic nitrogens is 2. The van der Waals surface area contributed by atoms with Crippen LogP contribution >= 0.6 is 0 Å². The lowest BCUT2D eigenvalue weighted by molar-refractivity contribution is -0.156. The van der Waals surface area contributed by atoms with Crippen LogP contribution < -0.4 is 10.1 Å². The van der Waals surface area contributed by atoms with Gasteiger partial charge in [0, 0.05) is 6.92 Å². The molecule has 7 nitrogen and oxygen atoms in total. The van der Waals surface area contributed by atoms with Gasteiger partial charge in [0.05, 0.1) is 5.56 Å². The van der Waals surface area contributed by atoms with E-state index < -0.39 is 30.0 Å². The minimum Gasteiger partial charge on any atom is -0.426 e. The quantitative estimate of drug-likeness (QED) is 0.689. The molecule has 22 heavy (non-hydrogen) atoms. The summed E-state index contributed by atoms with van der Waals surface area (Å²) in [6, 6.07) is 4.94. The molecule has 0 fully saturated rings. The van der Waals surface area contributed by atoms with E-state index in [0.717, 1.165) is 6.92 Å². The zero-order valence-electron chi connectivity index (χ0n) is 11.0. The summed E-state index contributed by atoms with van der Waals surface area (Å²) < 4.78 is 46.0. The van der Waals surface area contributed by atoms with Gasteiger partial charge in [-0.25, -0.2) is 0 Å². The number of alkyl halides is 3. The SMILES string of the molecule is CC(=O)Oc1ccccc1C(=O)Nc1nnc(C(F)(F)F)o1. The van der Waals surface area contributed by atoms with Gasteiger partial charge in [-0.15, -0.1) is 5.10 Å². The Labute approximate surface area is 121 Å². The Hall–Kier alpha value is -2.91. The number of esters is 1. The first-order chi connectivity index (χ1) is 10.3. The maximum absolute atomic E-state index is 12.3. The number of benzene rings is 1. The van der Waals surface area contributed by atoms with Gasteiger partial charge in [0.15, 0.2) is 0 Å². The summed E-state index contributed by atoms with van der Waals surface area (Å²) in [6.07, 6.45) is -4.81. The van der Waals surface area contributed by atoms with Gasteiger partial charge in [-0.3, -0.25) is 14.9 Å². The predicted molar refractivity (Wildman–Crippen MR) is 65.0 cm³/mol. The molecule has 0 aliphatic carbocycles. The lowest BCUT2D eigenvalue weighted by Gasteiger charge is -2.07. The maximum Gasteiger partial charge on any atom is 0.470 e. The van der Waals surface area contributed by atoms with E-state index >= 15 is 0 Å². The third-order valence-electron chi connectivity index (χ3n) is 2.27. The van der Waals surface area contributed by atoms with Crippen molar-refractivity contribution in [2.45, 2.75) is 13.1 Å². The van der Waals surface area contributed by atoms with Gasteiger partial charge in [-0.1, -0.05) is 17.2 Å². The molecular weight excluding hydrogens is 307 g/mol. The molecule has 0 saturated carbocycles. The summed E-state index contributed by atoms with van der Waals surface area (Å²) in [4.78, 5) is 22.9. The first kappa shape index (κ1) is 15.5. The van der Waals surface area contributed by atoms with Crippen LogP contribution in [0.25, 0.3) is 0 Å². The molecule has 1 amide bonds. The number of anilines is 1. The first-order valence-corrected chi connectivity index (χ1v) is 5.77. The Morgan fingerprint density at radius 3 is 2.50 bits per heavy atom. The van der Waals surface area contributed by atoms with Crippen molar-refractivity contribution < 1.29 is 31.9 Å². The number of amides is 1. The Morgan fingerprint density at radius 1 is 1.23 bits per heavy atom. The average molecular weight is 315 g/mol. The smallest absolute Gasteiger partial charge is 0.426 e. The summed E-state index contributed by atoms with van der Waals surface area (Å²) in [5.41, 5.74) is -0.0792. The van der Waals surface area contributed by atoms with Crippen molar-refractivity contribution >= 4 is 17.9 Å². The van der Waals surface area contributed by atoms with Crippen molar-refractivity contribution in [1.29, 1.82) is 0 Å². The van der Waals surface area contributed by atoms with Crippen LogP contribution in [0, 0.1) is 0 Å². The van der Waals surface area contributed by atoms with E-state index in [2.05, 4.69) is 14.6 Å². The lowest BCUT2D eigenvalue weighted by atomic mass is 10.2. The molecule has 1 aromatic carbocycles. The fourth-order valence-electron chi connectivity index (χ4n) is 1.45. The Morgan fingerprint density at radius 2 is 1.91 bits per heavy atom. The molecule has 1 aromatic heterocycles. The van der Waals surface area contributed by atoms with Crippen molar-refractivity contribution in [3.63, 3.8) is 0 Å². The summed E-state index contributed by atoms with van der Waals surface area (Å²) in [6.45, 7) is 1.14. The van der Waals surface area contributed by atoms with Crippen LogP contribution in [-0.2, 0) is 11.0 Å². The minimum atomic E-state index is -4.81. The number of nitrogens with zero attached hydrogens (tertiary/aromatic N) is 2. The van der Waals surface area contributed by atoms with E-state index in [0.29, 0.717) is 0 Å². The Kier molecular flexibility index (Phi) is 4.11. The van der Waals surface area contributed by atoms with Gasteiger partial charge in [-0.05, 0) is 12.1 Å². The zero-order valence-corrected chi connectivity index (χ0v) is 11.0. The van der Waals surface area contributed by atoms with Crippen molar-refractivity contribution in [3.8, 4) is 5.75 Å². The van der Waals surface area contributed by atoms with Gasteiger partial charge in [0.2, 0.25) is 0 Å². The molecule has 0 atom stereocenters. The van der Waals surface area contributed by atoms with Crippen molar-refractivity contribution in [2.24, 2.45) is 0 Å². The number of nitrogens with one attached hydrogen (secondary N) is 1. The molecule has 0 aliphatic heterocycles. The van der Waals surface area contributed by atoms with Crippen LogP contribution in [0.2, 0.25) is 0 Å². The van der Waals surface area contributed by atoms with Crippen molar-refractivity contribution in [2.75, 3.05) is 5.32 Å². The van der Waals surface area contributed by atoms with Gasteiger partial charge in [0.25, 0.3) is 5.91 Å². The predicted octanol–water partition coefficient (Wildman–Crippen LogP) is 2.27. The molecule has 116 valence electrons. The Balaban J connectivity index is 2.19. The number of carbonyl (C=O) groups is 2. The van der Waals surface area contributed by atoms with E-state index in [4.69, 9.17) is 4.74 Å². The van der Waals surface area contributed by atoms with Gasteiger partial charge >= 0.3 is 24.1 Å². The van der Waals surface area contributed by atoms with E-state index in [9.17, 15) is 22.8 Å². The fraction of sp³-hybridized carbons (Fsp3) is 0.167. The molecule has 1 heterocycles. The number of hydrogen-bond donors (Lipinski definition) is 1. The largest absolute Gasteiger partial charge is 0.470 e. The highest BCUT2D eigenvalue weighted by molar-refractivity contribution is 6.05. The second-order valence-corrected chi connectivity index (χ2v) is 3.95. The summed E-state index contributed by atoms with van der Waals surface area (Å²) >= 11 is 0. The molecule has 2 aromatic rings. The van der Waals surface area contributed by atoms with Crippen molar-refractivity contribution in [1.82, 2.24) is 10.2 Å². The lowest BCUT2D eigenvalue weighted by Crippen LogP contribution is -2.15. The topological polar surface area (TPSA) is 94.3 Å². The summed E-state index contributed by atoms with van der Waals surface area (Å²) in [5.74, 6) is -3.16. The van der Waals surface area contributed by atoms with Gasteiger partial charge < -0.3 is 9.15 Å². The van der Waals surface area contributed by atoms with E-state index in [1.807, 2.05) is 5.32 Å². The zero-order chi connectivity index (χ0) is 16.3. The van der Waals surface area contributed by atoms with Crippen LogP contribution in [0.4, 0.5) is 19.2 Å². The van der Waals surface area contributed by atoms with Crippen molar-refractivity contribution in [3.05, 3.63) is 35.7 Å². The minimum absolute atomic E-state index is 0.0527. The highest BCUT2D eigenvalue weighted by Gasteiger charge is 2.38. The van der Waals surface area contributed by atoms with E-state index in [-0.39, 0.29) is 11.3 Å². The molecule has 0 aliphatic rings. The number of para-hydroxylation sites is 1. The summed E-state index contributed by atoms with van der Waals surface area (Å²) in [7, 11) is 0. The first-order valence-electron chi connectivity index (χ1n) is 5.77. The van der Waals surface area contributed by atoms with Gasteiger partial charge in [0.1, 0.15) is 5.75 Å². The van der Waals surface area contributed by atoms with Gasteiger partial charge in [-0.2, -0.15) is 13.2 Å². The second-order valence-electron chi connectivity index (χ2n) is 3.95. The fourth-order valence-corrected chi connectivity index (χ4v) is 1.45. The van der Waals surface area contributed by atoms with Crippen LogP contribution in [0.3, 0.4) is 0 Å². The number of ether oxygens (including phenoxy) is 1. The molecular formula is C12H8F3N3O4. The highest BCUT2D eigenvalue weighted by Crippen LogP contribution is 2.29. The molecule has 1 N–H and O–H groups in total. The second kappa shape index (κ2) is 5.84. The Bertz CT molecular complexity index is 712.